The summed E-state index contributed by atoms with van der Waals surface area (Å²) in [6.07, 6.45) is 0.881. The molecule has 6 rings (SSSR count). The van der Waals surface area contributed by atoms with Crippen LogP contribution in [0.5, 0.6) is 0 Å². The summed E-state index contributed by atoms with van der Waals surface area (Å²) in [6, 6.07) is 59.7. The fourth-order valence-corrected chi connectivity index (χ4v) is 19.2. The Bertz CT molecular complexity index is 1780. The zero-order valence-corrected chi connectivity index (χ0v) is 33.4. The molecule has 0 heterocycles. The molecule has 278 valence electrons. The van der Waals surface area contributed by atoms with E-state index < -0.39 is 25.6 Å². The maximum absolute atomic E-state index is 15.3. The van der Waals surface area contributed by atoms with Gasteiger partial charge in [-0.3, -0.25) is 0 Å². The van der Waals surface area contributed by atoms with Gasteiger partial charge in [-0.05, 0) is 0 Å². The predicted octanol–water partition coefficient (Wildman–Crippen LogP) is 6.09. The van der Waals surface area contributed by atoms with Crippen molar-refractivity contribution in [3.63, 3.8) is 0 Å². The molecule has 0 amide bonds. The molecule has 0 saturated carbocycles. The van der Waals surface area contributed by atoms with Crippen LogP contribution in [0.1, 0.15) is 0 Å². The molecule has 54 heavy (non-hydrogen) atoms. The van der Waals surface area contributed by atoms with Crippen molar-refractivity contribution in [2.75, 3.05) is 53.6 Å². The number of rotatable bonds is 14. The number of carbonyl (C=O) groups is 2. The fraction of sp³-hybridized carbons (Fsp3) is 0.174. The van der Waals surface area contributed by atoms with Crippen LogP contribution in [0.15, 0.2) is 182 Å². The Hall–Kier alpha value is -4.96. The van der Waals surface area contributed by atoms with Gasteiger partial charge in [0.15, 0.2) is 0 Å². The third-order valence-corrected chi connectivity index (χ3v) is 22.1. The third-order valence-electron chi connectivity index (χ3n) is 10.5. The van der Waals surface area contributed by atoms with E-state index in [1.165, 1.54) is 0 Å². The van der Waals surface area contributed by atoms with Gasteiger partial charge in [0.25, 0.3) is 0 Å². The molecule has 0 aromatic heterocycles. The van der Waals surface area contributed by atoms with Crippen molar-refractivity contribution in [2.24, 2.45) is 0 Å². The molecule has 0 atom stereocenters. The standard InChI is InChI=1S/C46H50N2O4P2/c1-47(2)35-37-53(39-23-11-5-12-24-39,40-25-13-6-14-26-40,41-27-15-7-16-28-41)51-45(49)46(50)52-54(38-36-48(3)4,42-29-17-8-18-30-42,43-31-19-9-20-32-43)44-33-21-10-22-34-44/h5-34H,35-38H2,1-4H3. The molecule has 0 fully saturated rings. The topological polar surface area (TPSA) is 59.1 Å². The molecule has 0 saturated heterocycles. The van der Waals surface area contributed by atoms with Gasteiger partial charge in [0.2, 0.25) is 0 Å². The minimum absolute atomic E-state index is 0.440. The van der Waals surface area contributed by atoms with E-state index in [0.717, 1.165) is 31.8 Å². The van der Waals surface area contributed by atoms with Crippen molar-refractivity contribution < 1.29 is 18.6 Å². The molecule has 0 aliphatic heterocycles. The van der Waals surface area contributed by atoms with Gasteiger partial charge in [0, 0.05) is 0 Å². The second-order valence-electron chi connectivity index (χ2n) is 14.2. The van der Waals surface area contributed by atoms with Gasteiger partial charge >= 0.3 is 321 Å². The van der Waals surface area contributed by atoms with Gasteiger partial charge in [-0.25, -0.2) is 0 Å². The van der Waals surface area contributed by atoms with E-state index in [9.17, 15) is 0 Å². The van der Waals surface area contributed by atoms with Crippen molar-refractivity contribution >= 4 is 57.4 Å². The number of benzene rings is 6. The number of hydrogen-bond acceptors (Lipinski definition) is 6. The molecule has 0 spiro atoms. The van der Waals surface area contributed by atoms with Crippen LogP contribution < -0.4 is 31.8 Å². The van der Waals surface area contributed by atoms with Gasteiger partial charge in [0.05, 0.1) is 0 Å². The molecule has 6 aromatic carbocycles. The van der Waals surface area contributed by atoms with Gasteiger partial charge in [-0.15, -0.1) is 0 Å². The van der Waals surface area contributed by atoms with Crippen molar-refractivity contribution in [2.45, 2.75) is 0 Å². The Morgan fingerprint density at radius 1 is 0.370 bits per heavy atom. The first-order chi connectivity index (χ1) is 26.1. The Balaban J connectivity index is 1.64. The number of carbonyl (C=O) groups excluding carboxylic acids is 2. The normalized spacial score (nSPS) is 13.3. The maximum atomic E-state index is 15.3. The molecule has 0 unspecified atom stereocenters. The van der Waals surface area contributed by atoms with E-state index in [1.807, 2.05) is 210 Å². The van der Waals surface area contributed by atoms with Crippen LogP contribution in [0.3, 0.4) is 0 Å². The fourth-order valence-electron chi connectivity index (χ4n) is 7.76. The van der Waals surface area contributed by atoms with Crippen LogP contribution in [0.4, 0.5) is 0 Å². The SMILES string of the molecule is CN(C)CCP(OC(=O)C(=O)OP(CCN(C)C)(c1ccccc1)(c1ccccc1)c1ccccc1)(c1ccccc1)(c1ccccc1)c1ccccc1. The molecular formula is C46H50N2O4P2. The summed E-state index contributed by atoms with van der Waals surface area (Å²) in [7, 11) is 8.04. The quantitative estimate of drug-likeness (QED) is 0.0993. The molecule has 0 N–H and O–H groups in total. The third kappa shape index (κ3) is 6.81. The molecule has 0 aliphatic carbocycles. The Morgan fingerprint density at radius 2 is 0.556 bits per heavy atom. The summed E-state index contributed by atoms with van der Waals surface area (Å²) in [6.45, 7) is -7.36. The zero-order chi connectivity index (χ0) is 38.1. The predicted molar refractivity (Wildman–Crippen MR) is 229 cm³/mol. The van der Waals surface area contributed by atoms with Crippen molar-refractivity contribution in [3.05, 3.63) is 182 Å². The minimum atomic E-state index is -4.26. The van der Waals surface area contributed by atoms with E-state index in [-0.39, 0.29) is 0 Å². The van der Waals surface area contributed by atoms with Crippen LogP contribution in [-0.4, -0.2) is 75.3 Å². The van der Waals surface area contributed by atoms with Crippen molar-refractivity contribution in [1.29, 1.82) is 0 Å². The summed E-state index contributed by atoms with van der Waals surface area (Å²) in [5.41, 5.74) is 0. The van der Waals surface area contributed by atoms with E-state index in [4.69, 9.17) is 9.05 Å². The monoisotopic (exact) mass is 756 g/mol. The van der Waals surface area contributed by atoms with Crippen LogP contribution in [0.2, 0.25) is 0 Å². The number of hydrogen-bond donors (Lipinski definition) is 0. The van der Waals surface area contributed by atoms with Crippen molar-refractivity contribution in [3.8, 4) is 0 Å². The van der Waals surface area contributed by atoms with E-state index in [1.54, 1.807) is 0 Å². The zero-order valence-electron chi connectivity index (χ0n) is 31.6. The molecular weight excluding hydrogens is 706 g/mol. The summed E-state index contributed by atoms with van der Waals surface area (Å²) in [5, 5.41) is 5.10. The van der Waals surface area contributed by atoms with Gasteiger partial charge in [0.1, 0.15) is 0 Å². The van der Waals surface area contributed by atoms with Crippen LogP contribution >= 0.6 is 13.7 Å². The Kier molecular flexibility index (Phi) is 11.6. The molecule has 0 bridgehead atoms. The number of nitrogens with zero attached hydrogens (tertiary/aromatic N) is 2. The average molecular weight is 757 g/mol. The first-order valence-electron chi connectivity index (χ1n) is 18.3. The second kappa shape index (κ2) is 16.2. The summed E-state index contributed by atoms with van der Waals surface area (Å²) in [4.78, 5) is 34.8. The molecule has 8 heteroatoms. The summed E-state index contributed by atoms with van der Waals surface area (Å²) in [5.74, 6) is -2.05. The molecule has 0 aliphatic rings. The summed E-state index contributed by atoms with van der Waals surface area (Å²) < 4.78 is 14.4. The van der Waals surface area contributed by atoms with Crippen LogP contribution in [-0.2, 0) is 18.6 Å². The first kappa shape index (κ1) is 38.8. The Labute approximate surface area is 320 Å². The Morgan fingerprint density at radius 3 is 0.722 bits per heavy atom. The van der Waals surface area contributed by atoms with E-state index in [0.29, 0.717) is 25.4 Å². The van der Waals surface area contributed by atoms with Crippen LogP contribution in [0, 0.1) is 0 Å². The first-order valence-corrected chi connectivity index (χ1v) is 23.0. The molecule has 6 aromatic rings. The molecule has 0 radical (unpaired) electrons. The van der Waals surface area contributed by atoms with Crippen LogP contribution in [0.25, 0.3) is 0 Å². The average Bonchev–Trinajstić information content (AvgIpc) is 3.23. The van der Waals surface area contributed by atoms with Gasteiger partial charge in [-0.2, -0.15) is 0 Å². The van der Waals surface area contributed by atoms with Gasteiger partial charge in [-0.1, -0.05) is 0 Å². The summed E-state index contributed by atoms with van der Waals surface area (Å²) >= 11 is 0. The second-order valence-corrected chi connectivity index (χ2v) is 23.5. The van der Waals surface area contributed by atoms with E-state index in [2.05, 4.69) is 9.80 Å². The molecule has 6 nitrogen and oxygen atoms in total. The van der Waals surface area contributed by atoms with E-state index >= 15 is 9.59 Å². The van der Waals surface area contributed by atoms with Gasteiger partial charge < -0.3 is 0 Å². The van der Waals surface area contributed by atoms with Crippen molar-refractivity contribution in [1.82, 2.24) is 9.80 Å².